The Hall–Kier alpha value is -1.43. The predicted octanol–water partition coefficient (Wildman–Crippen LogP) is 0.749. The summed E-state index contributed by atoms with van der Waals surface area (Å²) >= 11 is 0. The van der Waals surface area contributed by atoms with Crippen molar-refractivity contribution in [3.63, 3.8) is 0 Å². The number of amides is 1. The Balaban J connectivity index is 1.92. The fraction of sp³-hybridized carbons (Fsp3) is 0.667. The van der Waals surface area contributed by atoms with Gasteiger partial charge in [-0.2, -0.15) is 4.98 Å². The number of carbonyl (C=O) groups is 1. The van der Waals surface area contributed by atoms with Crippen LogP contribution in [0, 0.1) is 0 Å². The first-order valence-electron chi connectivity index (χ1n) is 5.04. The van der Waals surface area contributed by atoms with Crippen molar-refractivity contribution in [2.75, 3.05) is 11.9 Å². The van der Waals surface area contributed by atoms with Crippen molar-refractivity contribution in [3.8, 4) is 0 Å². The van der Waals surface area contributed by atoms with Crippen LogP contribution in [0.3, 0.4) is 0 Å². The quantitative estimate of drug-likeness (QED) is 0.798. The second kappa shape index (κ2) is 4.39. The summed E-state index contributed by atoms with van der Waals surface area (Å²) in [5.41, 5.74) is 0. The standard InChI is InChI=1S/C9H13N3O3/c1-2-7-10-9(15-12-7)11-8(13)6-4-3-5-14-6/h6H,2-5H2,1H3,(H,10,11,12,13)/t6-/m1/s1. The zero-order valence-electron chi connectivity index (χ0n) is 8.52. The van der Waals surface area contributed by atoms with Crippen molar-refractivity contribution in [1.82, 2.24) is 10.1 Å². The molecule has 0 bridgehead atoms. The molecule has 82 valence electrons. The molecule has 0 saturated carbocycles. The van der Waals surface area contributed by atoms with Gasteiger partial charge < -0.3 is 9.26 Å². The number of rotatable bonds is 3. The highest BCUT2D eigenvalue weighted by Crippen LogP contribution is 2.14. The molecule has 15 heavy (non-hydrogen) atoms. The van der Waals surface area contributed by atoms with Gasteiger partial charge >= 0.3 is 6.01 Å². The number of aromatic nitrogens is 2. The van der Waals surface area contributed by atoms with Crippen molar-refractivity contribution in [1.29, 1.82) is 0 Å². The highest BCUT2D eigenvalue weighted by Gasteiger charge is 2.24. The molecular formula is C9H13N3O3. The van der Waals surface area contributed by atoms with E-state index >= 15 is 0 Å². The highest BCUT2D eigenvalue weighted by molar-refractivity contribution is 5.92. The minimum Gasteiger partial charge on any atom is -0.368 e. The Bertz CT molecular complexity index is 344. The zero-order chi connectivity index (χ0) is 10.7. The average molecular weight is 211 g/mol. The van der Waals surface area contributed by atoms with E-state index in [2.05, 4.69) is 15.5 Å². The van der Waals surface area contributed by atoms with Crippen molar-refractivity contribution in [3.05, 3.63) is 5.82 Å². The molecule has 0 radical (unpaired) electrons. The van der Waals surface area contributed by atoms with E-state index in [9.17, 15) is 4.79 Å². The molecule has 1 aromatic rings. The van der Waals surface area contributed by atoms with E-state index in [1.807, 2.05) is 6.92 Å². The molecule has 2 heterocycles. The van der Waals surface area contributed by atoms with Crippen LogP contribution in [0.2, 0.25) is 0 Å². The molecule has 1 aliphatic rings. The summed E-state index contributed by atoms with van der Waals surface area (Å²) in [6, 6.07) is 0.146. The van der Waals surface area contributed by atoms with Gasteiger partial charge in [-0.3, -0.25) is 10.1 Å². The molecule has 0 unspecified atom stereocenters. The van der Waals surface area contributed by atoms with Gasteiger partial charge in [-0.05, 0) is 12.8 Å². The van der Waals surface area contributed by atoms with Crippen LogP contribution in [0.15, 0.2) is 4.52 Å². The van der Waals surface area contributed by atoms with Crippen LogP contribution < -0.4 is 5.32 Å². The molecule has 0 aliphatic carbocycles. The normalized spacial score (nSPS) is 20.5. The minimum absolute atomic E-state index is 0.146. The van der Waals surface area contributed by atoms with Crippen LogP contribution in [-0.2, 0) is 16.0 Å². The van der Waals surface area contributed by atoms with E-state index in [0.29, 0.717) is 18.9 Å². The Morgan fingerprint density at radius 3 is 3.13 bits per heavy atom. The zero-order valence-corrected chi connectivity index (χ0v) is 8.52. The topological polar surface area (TPSA) is 77.2 Å². The van der Waals surface area contributed by atoms with E-state index in [-0.39, 0.29) is 18.0 Å². The lowest BCUT2D eigenvalue weighted by Gasteiger charge is -2.06. The first kappa shape index (κ1) is 10.1. The molecule has 1 fully saturated rings. The maximum absolute atomic E-state index is 11.5. The minimum atomic E-state index is -0.373. The lowest BCUT2D eigenvalue weighted by Crippen LogP contribution is -2.26. The number of nitrogens with one attached hydrogen (secondary N) is 1. The SMILES string of the molecule is CCc1noc(NC(=O)[C@H]2CCCO2)n1. The van der Waals surface area contributed by atoms with Crippen molar-refractivity contribution >= 4 is 11.9 Å². The fourth-order valence-corrected chi connectivity index (χ4v) is 1.42. The molecule has 1 aliphatic heterocycles. The van der Waals surface area contributed by atoms with Crippen LogP contribution in [0.4, 0.5) is 6.01 Å². The van der Waals surface area contributed by atoms with E-state index in [4.69, 9.17) is 9.26 Å². The van der Waals surface area contributed by atoms with Crippen molar-refractivity contribution in [2.45, 2.75) is 32.3 Å². The molecule has 1 amide bonds. The Kier molecular flexibility index (Phi) is 2.96. The summed E-state index contributed by atoms with van der Waals surface area (Å²) in [4.78, 5) is 15.5. The highest BCUT2D eigenvalue weighted by atomic mass is 16.5. The second-order valence-electron chi connectivity index (χ2n) is 3.36. The second-order valence-corrected chi connectivity index (χ2v) is 3.36. The molecule has 0 aromatic carbocycles. The Morgan fingerprint density at radius 2 is 2.53 bits per heavy atom. The fourth-order valence-electron chi connectivity index (χ4n) is 1.42. The van der Waals surface area contributed by atoms with Gasteiger partial charge in [0.25, 0.3) is 5.91 Å². The van der Waals surface area contributed by atoms with Gasteiger partial charge in [0.15, 0.2) is 5.82 Å². The third-order valence-corrected chi connectivity index (χ3v) is 2.24. The molecule has 6 heteroatoms. The molecule has 0 spiro atoms. The summed E-state index contributed by atoms with van der Waals surface area (Å²) in [6.07, 6.45) is 1.98. The summed E-state index contributed by atoms with van der Waals surface area (Å²) in [5.74, 6) is 0.372. The monoisotopic (exact) mass is 211 g/mol. The first-order valence-corrected chi connectivity index (χ1v) is 5.04. The van der Waals surface area contributed by atoms with Gasteiger partial charge in [0.05, 0.1) is 0 Å². The van der Waals surface area contributed by atoms with Gasteiger partial charge in [0, 0.05) is 13.0 Å². The lowest BCUT2D eigenvalue weighted by atomic mass is 10.2. The van der Waals surface area contributed by atoms with Gasteiger partial charge in [-0.25, -0.2) is 0 Å². The van der Waals surface area contributed by atoms with Crippen LogP contribution in [-0.4, -0.2) is 28.8 Å². The van der Waals surface area contributed by atoms with Crippen LogP contribution in [0.5, 0.6) is 0 Å². The maximum atomic E-state index is 11.5. The van der Waals surface area contributed by atoms with Gasteiger partial charge in [0.2, 0.25) is 0 Å². The third kappa shape index (κ3) is 2.33. The maximum Gasteiger partial charge on any atom is 0.328 e. The smallest absolute Gasteiger partial charge is 0.328 e. The number of carbonyl (C=O) groups excluding carboxylic acids is 1. The number of ether oxygens (including phenoxy) is 1. The van der Waals surface area contributed by atoms with E-state index in [0.717, 1.165) is 12.8 Å². The summed E-state index contributed by atoms with van der Waals surface area (Å²) in [6.45, 7) is 2.55. The Morgan fingerprint density at radius 1 is 1.67 bits per heavy atom. The van der Waals surface area contributed by atoms with Gasteiger partial charge in [-0.1, -0.05) is 12.1 Å². The van der Waals surface area contributed by atoms with Crippen molar-refractivity contribution < 1.29 is 14.1 Å². The van der Waals surface area contributed by atoms with Gasteiger partial charge in [0.1, 0.15) is 6.10 Å². The molecule has 6 nitrogen and oxygen atoms in total. The third-order valence-electron chi connectivity index (χ3n) is 2.24. The van der Waals surface area contributed by atoms with Crippen LogP contribution in [0.25, 0.3) is 0 Å². The largest absolute Gasteiger partial charge is 0.368 e. The first-order chi connectivity index (χ1) is 7.29. The Labute approximate surface area is 87.0 Å². The van der Waals surface area contributed by atoms with Crippen LogP contribution >= 0.6 is 0 Å². The lowest BCUT2D eigenvalue weighted by molar-refractivity contribution is -0.124. The molecular weight excluding hydrogens is 198 g/mol. The summed E-state index contributed by atoms with van der Waals surface area (Å²) in [5, 5.41) is 6.21. The number of hydrogen-bond acceptors (Lipinski definition) is 5. The van der Waals surface area contributed by atoms with E-state index < -0.39 is 0 Å². The summed E-state index contributed by atoms with van der Waals surface area (Å²) in [7, 11) is 0. The summed E-state index contributed by atoms with van der Waals surface area (Å²) < 4.78 is 10.1. The molecule has 1 saturated heterocycles. The van der Waals surface area contributed by atoms with Crippen LogP contribution in [0.1, 0.15) is 25.6 Å². The number of aryl methyl sites for hydroxylation is 1. The molecule has 2 rings (SSSR count). The van der Waals surface area contributed by atoms with Crippen molar-refractivity contribution in [2.24, 2.45) is 0 Å². The average Bonchev–Trinajstić information content (AvgIpc) is 2.87. The molecule has 1 aromatic heterocycles. The predicted molar refractivity (Wildman–Crippen MR) is 51.3 cm³/mol. The number of anilines is 1. The van der Waals surface area contributed by atoms with Gasteiger partial charge in [-0.15, -0.1) is 0 Å². The van der Waals surface area contributed by atoms with E-state index in [1.165, 1.54) is 0 Å². The van der Waals surface area contributed by atoms with E-state index in [1.54, 1.807) is 0 Å². The molecule has 1 N–H and O–H groups in total. The molecule has 1 atom stereocenters. The number of hydrogen-bond donors (Lipinski definition) is 1. The number of nitrogens with zero attached hydrogens (tertiary/aromatic N) is 2.